The molecule has 2 heterocycles. The number of nitrogens with zero attached hydrogens (tertiary/aromatic N) is 2. The van der Waals surface area contributed by atoms with E-state index in [1.165, 1.54) is 17.6 Å². The van der Waals surface area contributed by atoms with Crippen LogP contribution in [0.1, 0.15) is 13.0 Å². The van der Waals surface area contributed by atoms with E-state index in [0.717, 1.165) is 16.1 Å². The molecule has 0 bridgehead atoms. The number of hydrogen-bond acceptors (Lipinski definition) is 4. The van der Waals surface area contributed by atoms with Gasteiger partial charge in [0.2, 0.25) is 11.9 Å². The smallest absolute Gasteiger partial charge is 0.261 e. The quantitative estimate of drug-likeness (QED) is 0.573. The molecule has 1 aromatic heterocycles. The van der Waals surface area contributed by atoms with Gasteiger partial charge in [-0.05, 0) is 6.92 Å². The second kappa shape index (κ2) is 3.70. The molecule has 0 aliphatic carbocycles. The Kier molecular flexibility index (Phi) is 2.56. The molecule has 0 saturated heterocycles. The Morgan fingerprint density at radius 2 is 2.43 bits per heavy atom. The van der Waals surface area contributed by atoms with Crippen LogP contribution < -0.4 is 5.56 Å². The maximum absolute atomic E-state index is 11.3. The van der Waals surface area contributed by atoms with Crippen molar-refractivity contribution >= 4 is 23.5 Å². The van der Waals surface area contributed by atoms with Gasteiger partial charge in [-0.25, -0.2) is 0 Å². The van der Waals surface area contributed by atoms with Gasteiger partial charge in [-0.2, -0.15) is 0 Å². The van der Waals surface area contributed by atoms with Crippen molar-refractivity contribution < 1.29 is 4.17 Å². The Bertz CT molecular complexity index is 435. The van der Waals surface area contributed by atoms with Crippen molar-refractivity contribution in [2.24, 2.45) is 0 Å². The van der Waals surface area contributed by atoms with Crippen molar-refractivity contribution in [3.63, 3.8) is 0 Å². The Balaban J connectivity index is 2.28. The van der Waals surface area contributed by atoms with E-state index in [2.05, 4.69) is 0 Å². The van der Waals surface area contributed by atoms with E-state index in [-0.39, 0.29) is 17.6 Å². The van der Waals surface area contributed by atoms with Gasteiger partial charge in [0.15, 0.2) is 0 Å². The minimum absolute atomic E-state index is 0.0406. The van der Waals surface area contributed by atoms with Crippen LogP contribution in [0.2, 0.25) is 0 Å². The van der Waals surface area contributed by atoms with Gasteiger partial charge in [0, 0.05) is 27.8 Å². The molecular formula is C8H9N2O2S2+. The third kappa shape index (κ3) is 1.55. The molecule has 2 atom stereocenters. The lowest BCUT2D eigenvalue weighted by atomic mass is 10.1. The summed E-state index contributed by atoms with van der Waals surface area (Å²) in [7, 11) is 0. The zero-order chi connectivity index (χ0) is 10.1. The highest BCUT2D eigenvalue weighted by molar-refractivity contribution is 7.96. The SMILES string of the molecule is CC(C1C=CS[N+]1=O)n1sccc1=O. The van der Waals surface area contributed by atoms with Gasteiger partial charge in [0.25, 0.3) is 11.6 Å². The average molecular weight is 229 g/mol. The maximum Gasteiger partial charge on any atom is 0.261 e. The first kappa shape index (κ1) is 9.67. The predicted octanol–water partition coefficient (Wildman–Crippen LogP) is 1.79. The molecule has 0 radical (unpaired) electrons. The molecule has 1 aliphatic rings. The fourth-order valence-electron chi connectivity index (χ4n) is 1.37. The van der Waals surface area contributed by atoms with Gasteiger partial charge in [0.1, 0.15) is 6.04 Å². The standard InChI is InChI=1S/C8H9N2O2S2/c1-6(7-2-4-14-10(7)12)9-8(11)3-5-13-9/h2-7H,1H3/q+1. The van der Waals surface area contributed by atoms with Crippen LogP contribution in [0.15, 0.2) is 27.7 Å². The molecule has 4 nitrogen and oxygen atoms in total. The number of aromatic nitrogens is 1. The van der Waals surface area contributed by atoms with Crippen molar-refractivity contribution in [3.05, 3.63) is 38.2 Å². The minimum Gasteiger partial charge on any atom is -0.268 e. The van der Waals surface area contributed by atoms with E-state index in [4.69, 9.17) is 0 Å². The highest BCUT2D eigenvalue weighted by atomic mass is 32.2. The van der Waals surface area contributed by atoms with E-state index < -0.39 is 0 Å². The summed E-state index contributed by atoms with van der Waals surface area (Å²) in [5.41, 5.74) is -0.0406. The molecule has 0 saturated carbocycles. The van der Waals surface area contributed by atoms with E-state index in [9.17, 15) is 9.70 Å². The van der Waals surface area contributed by atoms with Crippen LogP contribution in [0, 0.1) is 4.91 Å². The number of nitroso groups, excluding NO2 is 1. The summed E-state index contributed by atoms with van der Waals surface area (Å²) in [6.07, 6.45) is 1.83. The highest BCUT2D eigenvalue weighted by Gasteiger charge is 2.36. The Hall–Kier alpha value is -0.880. The van der Waals surface area contributed by atoms with Crippen molar-refractivity contribution in [1.82, 2.24) is 3.96 Å². The van der Waals surface area contributed by atoms with Crippen LogP contribution in [-0.4, -0.2) is 14.2 Å². The first-order valence-corrected chi connectivity index (χ1v) is 5.84. The van der Waals surface area contributed by atoms with E-state index >= 15 is 0 Å². The lowest BCUT2D eigenvalue weighted by molar-refractivity contribution is -0.408. The summed E-state index contributed by atoms with van der Waals surface area (Å²) in [5, 5.41) is 3.49. The zero-order valence-electron chi connectivity index (χ0n) is 7.49. The molecule has 0 aromatic carbocycles. The molecule has 0 spiro atoms. The van der Waals surface area contributed by atoms with Crippen LogP contribution in [0.4, 0.5) is 0 Å². The normalized spacial score (nSPS) is 22.9. The molecule has 14 heavy (non-hydrogen) atoms. The second-order valence-electron chi connectivity index (χ2n) is 3.02. The first-order chi connectivity index (χ1) is 6.70. The van der Waals surface area contributed by atoms with Crippen molar-refractivity contribution in [1.29, 1.82) is 0 Å². The van der Waals surface area contributed by atoms with E-state index in [1.54, 1.807) is 14.7 Å². The number of hydrogen-bond donors (Lipinski definition) is 0. The summed E-state index contributed by atoms with van der Waals surface area (Å²) < 4.78 is 2.53. The van der Waals surface area contributed by atoms with Crippen LogP contribution in [0.3, 0.4) is 0 Å². The molecule has 0 amide bonds. The molecule has 1 aliphatic heterocycles. The fraction of sp³-hybridized carbons (Fsp3) is 0.375. The van der Waals surface area contributed by atoms with Gasteiger partial charge in [-0.15, -0.1) is 0 Å². The zero-order valence-corrected chi connectivity index (χ0v) is 9.12. The Morgan fingerprint density at radius 3 is 2.93 bits per heavy atom. The van der Waals surface area contributed by atoms with Gasteiger partial charge >= 0.3 is 0 Å². The topological polar surface area (TPSA) is 42.1 Å². The van der Waals surface area contributed by atoms with Crippen molar-refractivity contribution in [2.75, 3.05) is 0 Å². The van der Waals surface area contributed by atoms with Gasteiger partial charge in [-0.1, -0.05) is 11.5 Å². The van der Waals surface area contributed by atoms with Crippen molar-refractivity contribution in [3.8, 4) is 0 Å². The first-order valence-electron chi connectivity index (χ1n) is 4.16. The van der Waals surface area contributed by atoms with Gasteiger partial charge < -0.3 is 0 Å². The highest BCUT2D eigenvalue weighted by Crippen LogP contribution is 2.26. The van der Waals surface area contributed by atoms with Crippen LogP contribution >= 0.6 is 23.5 Å². The van der Waals surface area contributed by atoms with Crippen LogP contribution in [-0.2, 0) is 0 Å². The lowest BCUT2D eigenvalue weighted by Crippen LogP contribution is -2.28. The second-order valence-corrected chi connectivity index (χ2v) is 4.74. The number of rotatable bonds is 2. The van der Waals surface area contributed by atoms with Crippen LogP contribution in [0.25, 0.3) is 0 Å². The molecule has 1 aromatic rings. The molecule has 0 N–H and O–H groups in total. The lowest BCUT2D eigenvalue weighted by Gasteiger charge is -2.09. The summed E-state index contributed by atoms with van der Waals surface area (Å²) in [5.74, 6) is 0. The largest absolute Gasteiger partial charge is 0.268 e. The molecule has 74 valence electrons. The summed E-state index contributed by atoms with van der Waals surface area (Å²) in [4.78, 5) is 22.7. The van der Waals surface area contributed by atoms with E-state index in [0.29, 0.717) is 0 Å². The predicted molar refractivity (Wildman–Crippen MR) is 57.4 cm³/mol. The van der Waals surface area contributed by atoms with Gasteiger partial charge in [-0.3, -0.25) is 8.75 Å². The Morgan fingerprint density at radius 1 is 1.64 bits per heavy atom. The third-order valence-electron chi connectivity index (χ3n) is 2.15. The average Bonchev–Trinajstić information content (AvgIpc) is 2.73. The monoisotopic (exact) mass is 229 g/mol. The molecule has 0 fully saturated rings. The summed E-state index contributed by atoms with van der Waals surface area (Å²) in [6.45, 7) is 1.88. The summed E-state index contributed by atoms with van der Waals surface area (Å²) >= 11 is 2.47. The van der Waals surface area contributed by atoms with Crippen LogP contribution in [0.5, 0.6) is 0 Å². The summed E-state index contributed by atoms with van der Waals surface area (Å²) in [6, 6.07) is 1.17. The molecular weight excluding hydrogens is 220 g/mol. The third-order valence-corrected chi connectivity index (χ3v) is 3.88. The molecule has 2 unspecified atom stereocenters. The Labute approximate surface area is 89.1 Å². The maximum atomic E-state index is 11.3. The fourth-order valence-corrected chi connectivity index (χ4v) is 2.90. The molecule has 6 heteroatoms. The minimum atomic E-state index is -0.239. The molecule has 2 rings (SSSR count). The van der Waals surface area contributed by atoms with Crippen molar-refractivity contribution in [2.45, 2.75) is 19.0 Å². The van der Waals surface area contributed by atoms with E-state index in [1.807, 2.05) is 13.0 Å². The van der Waals surface area contributed by atoms with Gasteiger partial charge in [0.05, 0.1) is 4.17 Å².